The Balaban J connectivity index is 1.50. The van der Waals surface area contributed by atoms with Gasteiger partial charge in [-0.15, -0.1) is 11.8 Å². The minimum Gasteiger partial charge on any atom is -0.324 e. The molecule has 4 rings (SSSR count). The van der Waals surface area contributed by atoms with Crippen molar-refractivity contribution in [2.24, 2.45) is 5.92 Å². The van der Waals surface area contributed by atoms with Crippen molar-refractivity contribution in [2.45, 2.75) is 86.4 Å². The number of hydrogen-bond donors (Lipinski definition) is 2. The highest BCUT2D eigenvalue weighted by atomic mass is 32.2. The van der Waals surface area contributed by atoms with Crippen LogP contribution in [0.1, 0.15) is 52.9 Å². The van der Waals surface area contributed by atoms with E-state index < -0.39 is 21.2 Å². The number of hydrogen-bond acceptors (Lipinski definition) is 6. The monoisotopic (exact) mass is 444 g/mol. The minimum atomic E-state index is -3.48. The van der Waals surface area contributed by atoms with E-state index >= 15 is 0 Å². The van der Waals surface area contributed by atoms with Gasteiger partial charge in [-0.25, -0.2) is 17.9 Å². The zero-order valence-electron chi connectivity index (χ0n) is 17.6. The lowest BCUT2D eigenvalue weighted by Crippen LogP contribution is -2.64. The van der Waals surface area contributed by atoms with Gasteiger partial charge in [0.2, 0.25) is 15.9 Å². The summed E-state index contributed by atoms with van der Waals surface area (Å²) in [5.41, 5.74) is -0.315. The molecule has 10 heteroatoms. The average molecular weight is 445 g/mol. The molecule has 6 unspecified atom stereocenters. The summed E-state index contributed by atoms with van der Waals surface area (Å²) in [4.78, 5) is 29.2. The molecule has 2 aliphatic carbocycles. The maximum Gasteiger partial charge on any atom is 0.326 e. The summed E-state index contributed by atoms with van der Waals surface area (Å²) in [5, 5.41) is 3.27. The molecule has 3 amide bonds. The number of thioether (sulfide) groups is 1. The maximum absolute atomic E-state index is 13.3. The Kier molecular flexibility index (Phi) is 5.45. The van der Waals surface area contributed by atoms with Crippen LogP contribution in [-0.4, -0.2) is 77.2 Å². The van der Waals surface area contributed by atoms with Crippen molar-refractivity contribution in [1.82, 2.24) is 19.8 Å². The van der Waals surface area contributed by atoms with Crippen molar-refractivity contribution in [3.8, 4) is 0 Å². The first-order chi connectivity index (χ1) is 13.5. The lowest BCUT2D eigenvalue weighted by atomic mass is 9.81. The quantitative estimate of drug-likeness (QED) is 0.664. The molecule has 29 heavy (non-hydrogen) atoms. The second-order valence-electron chi connectivity index (χ2n) is 9.43. The molecular weight excluding hydrogens is 412 g/mol. The van der Waals surface area contributed by atoms with Gasteiger partial charge in [-0.3, -0.25) is 9.69 Å². The summed E-state index contributed by atoms with van der Waals surface area (Å²) < 4.78 is 28.6. The van der Waals surface area contributed by atoms with Crippen LogP contribution in [-0.2, 0) is 14.8 Å². The zero-order chi connectivity index (χ0) is 21.1. The van der Waals surface area contributed by atoms with Gasteiger partial charge in [0, 0.05) is 36.5 Å². The average Bonchev–Trinajstić information content (AvgIpc) is 3.27. The van der Waals surface area contributed by atoms with E-state index in [2.05, 4.69) is 23.9 Å². The van der Waals surface area contributed by atoms with E-state index in [-0.39, 0.29) is 46.6 Å². The Hall–Kier alpha value is -0.840. The van der Waals surface area contributed by atoms with Gasteiger partial charge in [0.05, 0.1) is 16.5 Å². The molecular formula is C19H32N4O4S2. The van der Waals surface area contributed by atoms with Crippen molar-refractivity contribution < 1.29 is 18.0 Å². The molecule has 2 aliphatic heterocycles. The van der Waals surface area contributed by atoms with Crippen molar-refractivity contribution in [3.05, 3.63) is 0 Å². The predicted octanol–water partition coefficient (Wildman–Crippen LogP) is 1.33. The standard InChI is InChI=1S/C19H32N4O4S2/c1-11-16(28-12(2)20-11)10-23-17(24)14-9-13(5-6-15(14)22(4)18(23)25)29(26,27)21-19(3)7-8-19/h11-16,20-21H,5-10H2,1-4H3. The topological polar surface area (TPSA) is 98.8 Å². The normalized spacial score (nSPS) is 39.6. The van der Waals surface area contributed by atoms with E-state index in [0.717, 1.165) is 12.8 Å². The molecule has 0 bridgehead atoms. The first-order valence-electron chi connectivity index (χ1n) is 10.5. The molecule has 0 aromatic carbocycles. The van der Waals surface area contributed by atoms with Crippen molar-refractivity contribution in [1.29, 1.82) is 0 Å². The molecule has 4 fully saturated rings. The van der Waals surface area contributed by atoms with Gasteiger partial charge in [0.25, 0.3) is 0 Å². The van der Waals surface area contributed by atoms with Gasteiger partial charge in [-0.05, 0) is 52.9 Å². The van der Waals surface area contributed by atoms with Crippen LogP contribution >= 0.6 is 11.8 Å². The Labute approximate surface area is 177 Å². The van der Waals surface area contributed by atoms with E-state index in [1.807, 2.05) is 6.92 Å². The number of carbonyl (C=O) groups excluding carboxylic acids is 2. The Bertz CT molecular complexity index is 800. The largest absolute Gasteiger partial charge is 0.326 e. The molecule has 2 N–H and O–H groups in total. The van der Waals surface area contributed by atoms with Crippen LogP contribution in [0.15, 0.2) is 0 Å². The molecule has 0 aromatic rings. The third-order valence-corrected chi connectivity index (χ3v) is 10.5. The highest BCUT2D eigenvalue weighted by Gasteiger charge is 2.51. The van der Waals surface area contributed by atoms with Crippen molar-refractivity contribution in [3.63, 3.8) is 0 Å². The third-order valence-electron chi connectivity index (χ3n) is 7.00. The summed E-state index contributed by atoms with van der Waals surface area (Å²) in [6.45, 7) is 6.43. The number of amides is 3. The van der Waals surface area contributed by atoms with Crippen LogP contribution in [0.2, 0.25) is 0 Å². The summed E-state index contributed by atoms with van der Waals surface area (Å²) >= 11 is 1.74. The van der Waals surface area contributed by atoms with E-state index in [4.69, 9.17) is 0 Å². The van der Waals surface area contributed by atoms with Crippen LogP contribution < -0.4 is 10.0 Å². The fourth-order valence-corrected chi connectivity index (χ4v) is 8.25. The smallest absolute Gasteiger partial charge is 0.324 e. The predicted molar refractivity (Wildman–Crippen MR) is 113 cm³/mol. The van der Waals surface area contributed by atoms with Gasteiger partial charge in [0.15, 0.2) is 0 Å². The summed E-state index contributed by atoms with van der Waals surface area (Å²) in [5.74, 6) is -0.657. The summed E-state index contributed by atoms with van der Waals surface area (Å²) in [7, 11) is -1.74. The lowest BCUT2D eigenvalue weighted by molar-refractivity contribution is -0.139. The van der Waals surface area contributed by atoms with Gasteiger partial charge in [0.1, 0.15) is 0 Å². The maximum atomic E-state index is 13.3. The minimum absolute atomic E-state index is 0.141. The van der Waals surface area contributed by atoms with Crippen molar-refractivity contribution in [2.75, 3.05) is 13.6 Å². The van der Waals surface area contributed by atoms with E-state index in [1.54, 1.807) is 23.7 Å². The van der Waals surface area contributed by atoms with E-state index in [9.17, 15) is 18.0 Å². The van der Waals surface area contributed by atoms with Gasteiger partial charge >= 0.3 is 6.03 Å². The van der Waals surface area contributed by atoms with Gasteiger partial charge < -0.3 is 10.2 Å². The second kappa shape index (κ2) is 7.39. The van der Waals surface area contributed by atoms with E-state index in [0.29, 0.717) is 19.4 Å². The highest BCUT2D eigenvalue weighted by Crippen LogP contribution is 2.40. The molecule has 2 saturated carbocycles. The van der Waals surface area contributed by atoms with Crippen LogP contribution in [0.3, 0.4) is 0 Å². The molecule has 6 atom stereocenters. The molecule has 2 heterocycles. The molecule has 0 spiro atoms. The third kappa shape index (κ3) is 4.05. The molecule has 8 nitrogen and oxygen atoms in total. The van der Waals surface area contributed by atoms with E-state index in [1.165, 1.54) is 4.90 Å². The summed E-state index contributed by atoms with van der Waals surface area (Å²) in [6.07, 6.45) is 3.03. The molecule has 0 radical (unpaired) electrons. The Morgan fingerprint density at radius 2 is 1.93 bits per heavy atom. The SMILES string of the molecule is CC1NC(C)C(CN2C(=O)C3CC(S(=O)(=O)NC4(C)CC4)CCC3N(C)C2=O)S1. The zero-order valence-corrected chi connectivity index (χ0v) is 19.2. The van der Waals surface area contributed by atoms with Crippen molar-refractivity contribution >= 4 is 33.7 Å². The Morgan fingerprint density at radius 3 is 2.52 bits per heavy atom. The Morgan fingerprint density at radius 1 is 1.24 bits per heavy atom. The molecule has 0 aromatic heterocycles. The number of nitrogens with zero attached hydrogens (tertiary/aromatic N) is 2. The van der Waals surface area contributed by atoms with Crippen LogP contribution in [0.4, 0.5) is 4.79 Å². The second-order valence-corrected chi connectivity index (χ2v) is 13.0. The van der Waals surface area contributed by atoms with Gasteiger partial charge in [-0.1, -0.05) is 0 Å². The van der Waals surface area contributed by atoms with Gasteiger partial charge in [-0.2, -0.15) is 0 Å². The fourth-order valence-electron chi connectivity index (χ4n) is 4.92. The number of imide groups is 1. The fraction of sp³-hybridized carbons (Fsp3) is 0.895. The first-order valence-corrected chi connectivity index (χ1v) is 13.0. The van der Waals surface area contributed by atoms with Crippen LogP contribution in [0.5, 0.6) is 0 Å². The number of fused-ring (bicyclic) bond motifs is 1. The number of carbonyl (C=O) groups is 2. The number of rotatable bonds is 5. The lowest BCUT2D eigenvalue weighted by Gasteiger charge is -2.47. The molecule has 2 saturated heterocycles. The van der Waals surface area contributed by atoms with Crippen LogP contribution in [0, 0.1) is 5.92 Å². The van der Waals surface area contributed by atoms with Crippen LogP contribution in [0.25, 0.3) is 0 Å². The number of sulfonamides is 1. The number of urea groups is 1. The number of nitrogens with one attached hydrogen (secondary N) is 2. The first kappa shape index (κ1) is 21.4. The molecule has 164 valence electrons. The highest BCUT2D eigenvalue weighted by molar-refractivity contribution is 8.00. The summed E-state index contributed by atoms with van der Waals surface area (Å²) in [6, 6.07) is -0.255. The molecule has 4 aliphatic rings.